The molecule has 6 heteroatoms. The van der Waals surface area contributed by atoms with Crippen molar-refractivity contribution in [3.05, 3.63) is 50.9 Å². The van der Waals surface area contributed by atoms with Crippen molar-refractivity contribution in [3.8, 4) is 5.75 Å². The molecule has 3 nitrogen and oxygen atoms in total. The highest BCUT2D eigenvalue weighted by molar-refractivity contribution is 9.11. The van der Waals surface area contributed by atoms with Gasteiger partial charge in [0.25, 0.3) is 0 Å². The number of hydrogen-bond donors (Lipinski definition) is 1. The normalized spacial score (nSPS) is 10.3. The van der Waals surface area contributed by atoms with E-state index in [0.29, 0.717) is 12.3 Å². The summed E-state index contributed by atoms with van der Waals surface area (Å²) >= 11 is 6.89. The number of anilines is 1. The maximum absolute atomic E-state index is 13.1. The van der Waals surface area contributed by atoms with Crippen LogP contribution < -0.4 is 10.1 Å². The van der Waals surface area contributed by atoms with Crippen LogP contribution in [-0.4, -0.2) is 12.1 Å². The molecule has 0 unspecified atom stereocenters. The number of methoxy groups -OCH3 is 1. The molecular formula is C13H11Br2FN2O. The maximum Gasteiger partial charge on any atom is 0.144 e. The highest BCUT2D eigenvalue weighted by atomic mass is 79.9. The molecule has 0 spiro atoms. The Balaban J connectivity index is 2.19. The molecule has 1 heterocycles. The van der Waals surface area contributed by atoms with Crippen molar-refractivity contribution in [2.75, 3.05) is 12.4 Å². The van der Waals surface area contributed by atoms with E-state index >= 15 is 0 Å². The molecule has 0 saturated heterocycles. The Morgan fingerprint density at radius 1 is 1.26 bits per heavy atom. The van der Waals surface area contributed by atoms with E-state index in [1.54, 1.807) is 18.5 Å². The van der Waals surface area contributed by atoms with E-state index in [2.05, 4.69) is 42.2 Å². The zero-order valence-corrected chi connectivity index (χ0v) is 13.3. The summed E-state index contributed by atoms with van der Waals surface area (Å²) in [5.41, 5.74) is 1.76. The van der Waals surface area contributed by atoms with Gasteiger partial charge in [-0.15, -0.1) is 0 Å². The van der Waals surface area contributed by atoms with E-state index < -0.39 is 0 Å². The molecule has 0 aliphatic heterocycles. The van der Waals surface area contributed by atoms with E-state index in [1.807, 2.05) is 0 Å². The summed E-state index contributed by atoms with van der Waals surface area (Å²) in [6, 6.07) is 4.39. The summed E-state index contributed by atoms with van der Waals surface area (Å²) in [5, 5.41) is 3.21. The number of pyridine rings is 1. The average Bonchev–Trinajstić information content (AvgIpc) is 2.39. The Bertz CT molecular complexity index is 573. The highest BCUT2D eigenvalue weighted by Gasteiger charge is 2.08. The van der Waals surface area contributed by atoms with Gasteiger partial charge in [-0.1, -0.05) is 0 Å². The van der Waals surface area contributed by atoms with Crippen molar-refractivity contribution in [2.45, 2.75) is 6.54 Å². The predicted molar refractivity (Wildman–Crippen MR) is 79.9 cm³/mol. The van der Waals surface area contributed by atoms with Gasteiger partial charge in [-0.05, 0) is 44.0 Å². The molecule has 1 aromatic carbocycles. The summed E-state index contributed by atoms with van der Waals surface area (Å²) in [4.78, 5) is 4.05. The maximum atomic E-state index is 13.1. The molecule has 1 N–H and O–H groups in total. The molecule has 0 saturated carbocycles. The van der Waals surface area contributed by atoms with Crippen molar-refractivity contribution in [1.29, 1.82) is 0 Å². The Labute approximate surface area is 127 Å². The molecule has 0 aliphatic carbocycles. The third-order valence-electron chi connectivity index (χ3n) is 2.57. The number of aromatic nitrogens is 1. The molecule has 0 radical (unpaired) electrons. The predicted octanol–water partition coefficient (Wildman–Crippen LogP) is 4.37. The fourth-order valence-corrected chi connectivity index (χ4v) is 2.81. The van der Waals surface area contributed by atoms with Gasteiger partial charge < -0.3 is 10.1 Å². The van der Waals surface area contributed by atoms with Crippen LogP contribution in [0.15, 0.2) is 39.5 Å². The second-order valence-corrected chi connectivity index (χ2v) is 5.49. The number of nitrogens with one attached hydrogen (secondary N) is 1. The quantitative estimate of drug-likeness (QED) is 0.843. The SMILES string of the molecule is COc1cc(F)ccc1NCc1c(Br)cncc1Br. The summed E-state index contributed by atoms with van der Waals surface area (Å²) in [6.45, 7) is 0.561. The largest absolute Gasteiger partial charge is 0.494 e. The Morgan fingerprint density at radius 2 is 1.95 bits per heavy atom. The second kappa shape index (κ2) is 6.34. The van der Waals surface area contributed by atoms with E-state index in [4.69, 9.17) is 4.74 Å². The number of nitrogens with zero attached hydrogens (tertiary/aromatic N) is 1. The minimum absolute atomic E-state index is 0.325. The van der Waals surface area contributed by atoms with Crippen LogP contribution in [0.25, 0.3) is 0 Å². The lowest BCUT2D eigenvalue weighted by Crippen LogP contribution is -2.03. The molecule has 100 valence electrons. The number of halogens is 3. The van der Waals surface area contributed by atoms with Gasteiger partial charge in [0.15, 0.2) is 0 Å². The summed E-state index contributed by atoms with van der Waals surface area (Å²) in [7, 11) is 1.51. The Kier molecular flexibility index (Phi) is 4.76. The first-order chi connectivity index (χ1) is 9.11. The Hall–Kier alpha value is -1.14. The summed E-state index contributed by atoms with van der Waals surface area (Å²) in [5.74, 6) is 0.148. The topological polar surface area (TPSA) is 34.1 Å². The molecule has 0 aliphatic rings. The van der Waals surface area contributed by atoms with Crippen LogP contribution in [0.3, 0.4) is 0 Å². The first kappa shape index (κ1) is 14.3. The van der Waals surface area contributed by atoms with Crippen molar-refractivity contribution in [2.24, 2.45) is 0 Å². The smallest absolute Gasteiger partial charge is 0.144 e. The van der Waals surface area contributed by atoms with Gasteiger partial charge in [0, 0.05) is 39.5 Å². The second-order valence-electron chi connectivity index (χ2n) is 3.78. The van der Waals surface area contributed by atoms with Gasteiger partial charge in [0.05, 0.1) is 12.8 Å². The van der Waals surface area contributed by atoms with Gasteiger partial charge in [-0.25, -0.2) is 4.39 Å². The first-order valence-corrected chi connectivity index (χ1v) is 7.05. The minimum Gasteiger partial charge on any atom is -0.494 e. The van der Waals surface area contributed by atoms with Crippen LogP contribution in [0, 0.1) is 5.82 Å². The summed E-state index contributed by atoms with van der Waals surface area (Å²) < 4.78 is 20.0. The monoisotopic (exact) mass is 388 g/mol. The number of rotatable bonds is 4. The standard InChI is InChI=1S/C13H11Br2FN2O/c1-19-13-4-8(16)2-3-12(13)18-5-9-10(14)6-17-7-11(9)15/h2-4,6-7,18H,5H2,1H3. The van der Waals surface area contributed by atoms with Gasteiger partial charge in [0.1, 0.15) is 11.6 Å². The van der Waals surface area contributed by atoms with Crippen molar-refractivity contribution in [3.63, 3.8) is 0 Å². The van der Waals surface area contributed by atoms with Gasteiger partial charge in [-0.3, -0.25) is 4.98 Å². The van der Waals surface area contributed by atoms with E-state index in [-0.39, 0.29) is 5.82 Å². The first-order valence-electron chi connectivity index (χ1n) is 5.47. The van der Waals surface area contributed by atoms with Crippen LogP contribution in [-0.2, 0) is 6.54 Å². The number of benzene rings is 1. The minimum atomic E-state index is -0.325. The van der Waals surface area contributed by atoms with Crippen molar-refractivity contribution >= 4 is 37.5 Å². The van der Waals surface area contributed by atoms with Crippen LogP contribution in [0.2, 0.25) is 0 Å². The van der Waals surface area contributed by atoms with E-state index in [1.165, 1.54) is 19.2 Å². The summed E-state index contributed by atoms with van der Waals surface area (Å²) in [6.07, 6.45) is 3.45. The van der Waals surface area contributed by atoms with Crippen LogP contribution in [0.1, 0.15) is 5.56 Å². The number of ether oxygens (including phenoxy) is 1. The molecule has 0 bridgehead atoms. The lowest BCUT2D eigenvalue weighted by Gasteiger charge is -2.13. The van der Waals surface area contributed by atoms with Crippen LogP contribution >= 0.6 is 31.9 Å². The molecular weight excluding hydrogens is 379 g/mol. The fourth-order valence-electron chi connectivity index (χ4n) is 1.60. The van der Waals surface area contributed by atoms with Gasteiger partial charge >= 0.3 is 0 Å². The molecule has 2 aromatic rings. The van der Waals surface area contributed by atoms with E-state index in [9.17, 15) is 4.39 Å². The lowest BCUT2D eigenvalue weighted by molar-refractivity contribution is 0.413. The molecule has 19 heavy (non-hydrogen) atoms. The molecule has 2 rings (SSSR count). The Morgan fingerprint density at radius 3 is 2.58 bits per heavy atom. The zero-order valence-electron chi connectivity index (χ0n) is 10.1. The molecule has 0 fully saturated rings. The van der Waals surface area contributed by atoms with Crippen LogP contribution in [0.5, 0.6) is 5.75 Å². The van der Waals surface area contributed by atoms with E-state index in [0.717, 1.165) is 20.2 Å². The van der Waals surface area contributed by atoms with Crippen molar-refractivity contribution in [1.82, 2.24) is 4.98 Å². The average molecular weight is 390 g/mol. The third-order valence-corrected chi connectivity index (χ3v) is 3.94. The van der Waals surface area contributed by atoms with Gasteiger partial charge in [-0.2, -0.15) is 0 Å². The molecule has 0 atom stereocenters. The van der Waals surface area contributed by atoms with Crippen molar-refractivity contribution < 1.29 is 9.13 Å². The number of hydrogen-bond acceptors (Lipinski definition) is 3. The zero-order chi connectivity index (χ0) is 13.8. The van der Waals surface area contributed by atoms with Crippen LogP contribution in [0.4, 0.5) is 10.1 Å². The highest BCUT2D eigenvalue weighted by Crippen LogP contribution is 2.28. The lowest BCUT2D eigenvalue weighted by atomic mass is 10.2. The van der Waals surface area contributed by atoms with Gasteiger partial charge in [0.2, 0.25) is 0 Å². The third kappa shape index (κ3) is 3.45. The fraction of sp³-hybridized carbons (Fsp3) is 0.154. The molecule has 0 amide bonds. The molecule has 1 aromatic heterocycles.